The van der Waals surface area contributed by atoms with E-state index in [1.54, 1.807) is 0 Å². The predicted octanol–water partition coefficient (Wildman–Crippen LogP) is 15.1. The van der Waals surface area contributed by atoms with E-state index in [9.17, 15) is 0 Å². The Labute approximate surface area is 317 Å². The molecule has 0 saturated carbocycles. The van der Waals surface area contributed by atoms with Crippen molar-refractivity contribution >= 4 is 71.7 Å². The van der Waals surface area contributed by atoms with Crippen LogP contribution >= 0.6 is 0 Å². The Kier molecular flexibility index (Phi) is 7.17. The number of furan rings is 2. The minimum Gasteiger partial charge on any atom is -0.456 e. The first kappa shape index (κ1) is 31.2. The van der Waals surface area contributed by atoms with E-state index in [1.807, 2.05) is 24.3 Å². The maximum absolute atomic E-state index is 6.59. The SMILES string of the molecule is c1cc(-c2ccc3ccccc3c2)cc(N(c2ccc(-c3ccc4oc5ccccc5c4c3)cc2)c2ccccc2-c2cccc3c2oc2ccccc23)c1. The quantitative estimate of drug-likeness (QED) is 0.173. The summed E-state index contributed by atoms with van der Waals surface area (Å²) >= 11 is 0. The monoisotopic (exact) mass is 703 g/mol. The second kappa shape index (κ2) is 12.6. The van der Waals surface area contributed by atoms with Gasteiger partial charge in [0, 0.05) is 44.0 Å². The summed E-state index contributed by atoms with van der Waals surface area (Å²) in [5.74, 6) is 0. The van der Waals surface area contributed by atoms with Crippen molar-refractivity contribution in [2.24, 2.45) is 0 Å². The van der Waals surface area contributed by atoms with Gasteiger partial charge >= 0.3 is 0 Å². The highest BCUT2D eigenvalue weighted by Crippen LogP contribution is 2.45. The lowest BCUT2D eigenvalue weighted by Gasteiger charge is -2.28. The van der Waals surface area contributed by atoms with Crippen LogP contribution in [0.5, 0.6) is 0 Å². The summed E-state index contributed by atoms with van der Waals surface area (Å²) in [6.45, 7) is 0. The van der Waals surface area contributed by atoms with Gasteiger partial charge in [-0.3, -0.25) is 0 Å². The van der Waals surface area contributed by atoms with Gasteiger partial charge in [0.1, 0.15) is 22.3 Å². The molecule has 258 valence electrons. The number of para-hydroxylation sites is 4. The van der Waals surface area contributed by atoms with Crippen LogP contribution in [0, 0.1) is 0 Å². The molecule has 0 bridgehead atoms. The number of rotatable bonds is 6. The average molecular weight is 704 g/mol. The molecule has 2 heterocycles. The lowest BCUT2D eigenvalue weighted by molar-refractivity contribution is 0.669. The van der Waals surface area contributed by atoms with Crippen LogP contribution in [0.1, 0.15) is 0 Å². The van der Waals surface area contributed by atoms with Gasteiger partial charge in [-0.2, -0.15) is 0 Å². The van der Waals surface area contributed by atoms with Crippen molar-refractivity contribution in [3.63, 3.8) is 0 Å². The molecule has 11 rings (SSSR count). The van der Waals surface area contributed by atoms with E-state index in [1.165, 1.54) is 16.3 Å². The molecule has 0 spiro atoms. The number of fused-ring (bicyclic) bond motifs is 7. The molecule has 9 aromatic carbocycles. The molecule has 2 aromatic heterocycles. The second-order valence-corrected chi connectivity index (χ2v) is 14.1. The fourth-order valence-electron chi connectivity index (χ4n) is 8.18. The third kappa shape index (κ3) is 5.28. The molecule has 55 heavy (non-hydrogen) atoms. The molecule has 0 aliphatic heterocycles. The van der Waals surface area contributed by atoms with E-state index in [0.717, 1.165) is 88.8 Å². The molecule has 11 aromatic rings. The third-order valence-electron chi connectivity index (χ3n) is 10.9. The minimum absolute atomic E-state index is 0.888. The fourth-order valence-corrected chi connectivity index (χ4v) is 8.18. The number of anilines is 3. The van der Waals surface area contributed by atoms with Crippen LogP contribution in [-0.4, -0.2) is 0 Å². The van der Waals surface area contributed by atoms with Gasteiger partial charge in [-0.1, -0.05) is 140 Å². The molecule has 3 heteroatoms. The molecule has 0 aliphatic carbocycles. The molecule has 0 aliphatic rings. The van der Waals surface area contributed by atoms with Crippen LogP contribution in [0.3, 0.4) is 0 Å². The van der Waals surface area contributed by atoms with E-state index in [0.29, 0.717) is 0 Å². The lowest BCUT2D eigenvalue weighted by atomic mass is 9.98. The highest BCUT2D eigenvalue weighted by Gasteiger charge is 2.21. The van der Waals surface area contributed by atoms with Gasteiger partial charge in [0.2, 0.25) is 0 Å². The molecule has 0 fully saturated rings. The molecule has 0 amide bonds. The largest absolute Gasteiger partial charge is 0.456 e. The molecular weight excluding hydrogens is 671 g/mol. The van der Waals surface area contributed by atoms with Gasteiger partial charge in [-0.25, -0.2) is 0 Å². The smallest absolute Gasteiger partial charge is 0.143 e. The Hall–Kier alpha value is -7.36. The minimum atomic E-state index is 0.888. The van der Waals surface area contributed by atoms with Crippen LogP contribution < -0.4 is 4.90 Å². The van der Waals surface area contributed by atoms with Crippen molar-refractivity contribution in [1.82, 2.24) is 0 Å². The molecule has 0 unspecified atom stereocenters. The van der Waals surface area contributed by atoms with E-state index in [2.05, 4.69) is 181 Å². The summed E-state index contributed by atoms with van der Waals surface area (Å²) in [5.41, 5.74) is 13.5. The number of benzene rings is 9. The van der Waals surface area contributed by atoms with Crippen LogP contribution in [-0.2, 0) is 0 Å². The first-order chi connectivity index (χ1) is 27.2. The highest BCUT2D eigenvalue weighted by atomic mass is 16.3. The summed E-state index contributed by atoms with van der Waals surface area (Å²) in [6.07, 6.45) is 0. The van der Waals surface area contributed by atoms with Gasteiger partial charge < -0.3 is 13.7 Å². The predicted molar refractivity (Wildman–Crippen MR) is 229 cm³/mol. The van der Waals surface area contributed by atoms with Gasteiger partial charge in [0.25, 0.3) is 0 Å². The van der Waals surface area contributed by atoms with E-state index in [-0.39, 0.29) is 0 Å². The summed E-state index contributed by atoms with van der Waals surface area (Å²) < 4.78 is 12.7. The van der Waals surface area contributed by atoms with Crippen LogP contribution in [0.4, 0.5) is 17.1 Å². The van der Waals surface area contributed by atoms with Gasteiger partial charge in [-0.05, 0) is 93.7 Å². The molecule has 0 radical (unpaired) electrons. The Bertz CT molecular complexity index is 3220. The first-order valence-corrected chi connectivity index (χ1v) is 18.7. The Balaban J connectivity index is 1.08. The standard InChI is InChI=1S/C52H33NO2/c1-2-12-36-31-38(24-23-34(36)11-1)37-13-9-14-41(32-37)53(40-28-25-35(26-29-40)39-27-30-51-47(33-39)44-17-5-7-21-49(44)54-51)48-20-6-3-15-42(48)45-18-10-19-46-43-16-4-8-22-50(43)55-52(45)46/h1-33H. The molecule has 0 saturated heterocycles. The van der Waals surface area contributed by atoms with Crippen molar-refractivity contribution in [3.8, 4) is 33.4 Å². The molecule has 0 atom stereocenters. The number of hydrogen-bond acceptors (Lipinski definition) is 3. The summed E-state index contributed by atoms with van der Waals surface area (Å²) in [4.78, 5) is 2.37. The normalized spacial score (nSPS) is 11.6. The topological polar surface area (TPSA) is 29.5 Å². The summed E-state index contributed by atoms with van der Waals surface area (Å²) in [5, 5.41) is 6.94. The highest BCUT2D eigenvalue weighted by molar-refractivity contribution is 6.11. The fraction of sp³-hybridized carbons (Fsp3) is 0. The first-order valence-electron chi connectivity index (χ1n) is 18.7. The number of nitrogens with zero attached hydrogens (tertiary/aromatic N) is 1. The molecule has 0 N–H and O–H groups in total. The van der Waals surface area contributed by atoms with Crippen LogP contribution in [0.25, 0.3) is 88.0 Å². The zero-order valence-electron chi connectivity index (χ0n) is 29.8. The van der Waals surface area contributed by atoms with E-state index in [4.69, 9.17) is 8.83 Å². The number of hydrogen-bond donors (Lipinski definition) is 0. The van der Waals surface area contributed by atoms with Crippen LogP contribution in [0.15, 0.2) is 209 Å². The van der Waals surface area contributed by atoms with Gasteiger partial charge in [0.05, 0.1) is 5.69 Å². The Morgan fingerprint density at radius 3 is 1.78 bits per heavy atom. The molecule has 3 nitrogen and oxygen atoms in total. The third-order valence-corrected chi connectivity index (χ3v) is 10.9. The van der Waals surface area contributed by atoms with Crippen molar-refractivity contribution in [3.05, 3.63) is 200 Å². The molecular formula is C52H33NO2. The average Bonchev–Trinajstić information content (AvgIpc) is 3.83. The van der Waals surface area contributed by atoms with E-state index < -0.39 is 0 Å². The Morgan fingerprint density at radius 1 is 0.309 bits per heavy atom. The zero-order valence-corrected chi connectivity index (χ0v) is 29.8. The van der Waals surface area contributed by atoms with Crippen molar-refractivity contribution in [2.45, 2.75) is 0 Å². The Morgan fingerprint density at radius 2 is 0.909 bits per heavy atom. The van der Waals surface area contributed by atoms with Crippen molar-refractivity contribution < 1.29 is 8.83 Å². The second-order valence-electron chi connectivity index (χ2n) is 14.1. The zero-order chi connectivity index (χ0) is 36.3. The van der Waals surface area contributed by atoms with Crippen LogP contribution in [0.2, 0.25) is 0 Å². The van der Waals surface area contributed by atoms with Gasteiger partial charge in [0.15, 0.2) is 0 Å². The lowest BCUT2D eigenvalue weighted by Crippen LogP contribution is -2.11. The van der Waals surface area contributed by atoms with E-state index >= 15 is 0 Å². The van der Waals surface area contributed by atoms with Gasteiger partial charge in [-0.15, -0.1) is 0 Å². The van der Waals surface area contributed by atoms with Crippen molar-refractivity contribution in [2.75, 3.05) is 4.90 Å². The maximum atomic E-state index is 6.59. The maximum Gasteiger partial charge on any atom is 0.143 e. The van der Waals surface area contributed by atoms with Crippen molar-refractivity contribution in [1.29, 1.82) is 0 Å². The summed E-state index contributed by atoms with van der Waals surface area (Å²) in [7, 11) is 0. The summed E-state index contributed by atoms with van der Waals surface area (Å²) in [6, 6.07) is 71.1.